The minimum atomic E-state index is 0.656. The molecule has 5 heteroatoms. The quantitative estimate of drug-likeness (QED) is 0.697. The van der Waals surface area contributed by atoms with Crippen LogP contribution in [-0.4, -0.2) is 29.7 Å². The van der Waals surface area contributed by atoms with E-state index in [1.807, 2.05) is 12.1 Å². The van der Waals surface area contributed by atoms with Crippen LogP contribution in [0.4, 0.5) is 5.82 Å². The second-order valence-corrected chi connectivity index (χ2v) is 7.28. The van der Waals surface area contributed by atoms with Crippen LogP contribution in [0.15, 0.2) is 42.7 Å². The van der Waals surface area contributed by atoms with E-state index in [1.165, 1.54) is 0 Å². The molecule has 1 aliphatic rings. The molecule has 0 unspecified atom stereocenters. The average Bonchev–Trinajstić information content (AvgIpc) is 2.92. The Morgan fingerprint density at radius 3 is 2.59 bits per heavy atom. The third-order valence-electron chi connectivity index (χ3n) is 4.73. The highest BCUT2D eigenvalue weighted by atomic mass is 16.5. The largest absolute Gasteiger partial charge is 0.490 e. The first-order chi connectivity index (χ1) is 13.2. The van der Waals surface area contributed by atoms with Crippen LogP contribution in [0.5, 0.6) is 11.5 Å². The fraction of sp³-hybridized carbons (Fsp3) is 0.364. The molecule has 0 fully saturated rings. The predicted octanol–water partition coefficient (Wildman–Crippen LogP) is 4.92. The molecule has 0 bridgehead atoms. The van der Waals surface area contributed by atoms with Crippen LogP contribution in [0.3, 0.4) is 0 Å². The zero-order valence-electron chi connectivity index (χ0n) is 15.9. The van der Waals surface area contributed by atoms with E-state index in [0.29, 0.717) is 19.1 Å². The van der Waals surface area contributed by atoms with Gasteiger partial charge in [-0.3, -0.25) is 0 Å². The molecule has 2 aromatic carbocycles. The number of nitrogens with zero attached hydrogens (tertiary/aromatic N) is 2. The number of ether oxygens (including phenoxy) is 2. The van der Waals surface area contributed by atoms with Crippen molar-refractivity contribution in [2.24, 2.45) is 5.92 Å². The van der Waals surface area contributed by atoms with Gasteiger partial charge in [0.05, 0.1) is 18.7 Å². The predicted molar refractivity (Wildman–Crippen MR) is 109 cm³/mol. The lowest BCUT2D eigenvalue weighted by Gasteiger charge is -2.12. The van der Waals surface area contributed by atoms with Crippen LogP contribution in [0.2, 0.25) is 0 Å². The second-order valence-electron chi connectivity index (χ2n) is 7.28. The number of aromatic nitrogens is 2. The van der Waals surface area contributed by atoms with E-state index in [4.69, 9.17) is 9.47 Å². The Bertz CT molecular complexity index is 940. The first-order valence-corrected chi connectivity index (χ1v) is 9.59. The van der Waals surface area contributed by atoms with Gasteiger partial charge in [0.25, 0.3) is 0 Å². The van der Waals surface area contributed by atoms with Crippen molar-refractivity contribution in [3.8, 4) is 22.6 Å². The molecule has 5 nitrogen and oxygen atoms in total. The molecule has 0 amide bonds. The molecule has 1 N–H and O–H groups in total. The molecular formula is C22H25N3O2. The number of hydrogen-bond donors (Lipinski definition) is 1. The lowest BCUT2D eigenvalue weighted by molar-refractivity contribution is 0.297. The molecule has 0 spiro atoms. The van der Waals surface area contributed by atoms with E-state index in [9.17, 15) is 0 Å². The molecule has 0 saturated carbocycles. The van der Waals surface area contributed by atoms with Gasteiger partial charge in [-0.25, -0.2) is 9.97 Å². The van der Waals surface area contributed by atoms with Gasteiger partial charge in [0.1, 0.15) is 12.1 Å². The van der Waals surface area contributed by atoms with Crippen molar-refractivity contribution in [3.63, 3.8) is 0 Å². The number of hydrogen-bond acceptors (Lipinski definition) is 5. The summed E-state index contributed by atoms with van der Waals surface area (Å²) in [6, 6.07) is 12.4. The fourth-order valence-corrected chi connectivity index (χ4v) is 3.20. The van der Waals surface area contributed by atoms with E-state index in [1.54, 1.807) is 6.33 Å². The molecule has 1 aromatic heterocycles. The summed E-state index contributed by atoms with van der Waals surface area (Å²) in [5.74, 6) is 3.17. The number of nitrogens with one attached hydrogen (secondary N) is 1. The summed E-state index contributed by atoms with van der Waals surface area (Å²) in [6.45, 7) is 6.74. The molecule has 27 heavy (non-hydrogen) atoms. The molecule has 2 heterocycles. The van der Waals surface area contributed by atoms with Crippen molar-refractivity contribution >= 4 is 16.7 Å². The number of anilines is 1. The van der Waals surface area contributed by atoms with Crippen molar-refractivity contribution in [1.29, 1.82) is 0 Å². The van der Waals surface area contributed by atoms with Gasteiger partial charge in [0.2, 0.25) is 0 Å². The number of benzene rings is 2. The van der Waals surface area contributed by atoms with Crippen molar-refractivity contribution in [1.82, 2.24) is 9.97 Å². The van der Waals surface area contributed by atoms with Crippen LogP contribution in [0.1, 0.15) is 26.7 Å². The van der Waals surface area contributed by atoms with E-state index in [-0.39, 0.29) is 0 Å². The molecular weight excluding hydrogens is 338 g/mol. The normalized spacial score (nSPS) is 13.6. The molecule has 1 aliphatic heterocycles. The molecule has 0 radical (unpaired) electrons. The van der Waals surface area contributed by atoms with Crippen LogP contribution >= 0.6 is 0 Å². The first kappa shape index (κ1) is 17.6. The summed E-state index contributed by atoms with van der Waals surface area (Å²) in [6.07, 6.45) is 3.63. The highest BCUT2D eigenvalue weighted by Gasteiger charge is 2.12. The Morgan fingerprint density at radius 1 is 0.963 bits per heavy atom. The third-order valence-corrected chi connectivity index (χ3v) is 4.73. The summed E-state index contributed by atoms with van der Waals surface area (Å²) in [7, 11) is 0. The number of fused-ring (bicyclic) bond motifs is 2. The van der Waals surface area contributed by atoms with Gasteiger partial charge in [-0.2, -0.15) is 0 Å². The van der Waals surface area contributed by atoms with Crippen molar-refractivity contribution < 1.29 is 9.47 Å². The minimum Gasteiger partial charge on any atom is -0.490 e. The van der Waals surface area contributed by atoms with Crippen LogP contribution in [-0.2, 0) is 0 Å². The average molecular weight is 363 g/mol. The van der Waals surface area contributed by atoms with Gasteiger partial charge in [-0.15, -0.1) is 0 Å². The molecule has 0 aliphatic carbocycles. The van der Waals surface area contributed by atoms with Gasteiger partial charge in [0.15, 0.2) is 11.5 Å². The maximum absolute atomic E-state index is 5.84. The first-order valence-electron chi connectivity index (χ1n) is 9.59. The lowest BCUT2D eigenvalue weighted by atomic mass is 10.0. The van der Waals surface area contributed by atoms with Crippen LogP contribution in [0.25, 0.3) is 22.0 Å². The van der Waals surface area contributed by atoms with Gasteiger partial charge < -0.3 is 14.8 Å². The Kier molecular flexibility index (Phi) is 5.10. The van der Waals surface area contributed by atoms with E-state index >= 15 is 0 Å². The highest BCUT2D eigenvalue weighted by Crippen LogP contribution is 2.35. The summed E-state index contributed by atoms with van der Waals surface area (Å²) >= 11 is 0. The minimum absolute atomic E-state index is 0.656. The summed E-state index contributed by atoms with van der Waals surface area (Å²) in [5, 5.41) is 4.49. The standard InChI is InChI=1S/C22H25N3O2/c1-15(2)8-9-23-22-18-12-16(4-6-19(18)24-14-25-22)17-5-7-20-21(13-17)27-11-3-10-26-20/h4-7,12-15H,3,8-11H2,1-2H3,(H,23,24,25). The van der Waals surface area contributed by atoms with E-state index in [2.05, 4.69) is 53.4 Å². The third kappa shape index (κ3) is 3.97. The molecule has 0 saturated heterocycles. The monoisotopic (exact) mass is 363 g/mol. The van der Waals surface area contributed by atoms with Crippen molar-refractivity contribution in [2.75, 3.05) is 25.1 Å². The Labute approximate surface area is 159 Å². The van der Waals surface area contributed by atoms with E-state index in [0.717, 1.165) is 58.7 Å². The van der Waals surface area contributed by atoms with Crippen LogP contribution in [0, 0.1) is 5.92 Å². The maximum Gasteiger partial charge on any atom is 0.161 e. The smallest absolute Gasteiger partial charge is 0.161 e. The zero-order valence-corrected chi connectivity index (χ0v) is 15.9. The Hall–Kier alpha value is -2.82. The molecule has 3 aromatic rings. The van der Waals surface area contributed by atoms with E-state index < -0.39 is 0 Å². The highest BCUT2D eigenvalue weighted by molar-refractivity contribution is 5.92. The molecule has 4 rings (SSSR count). The topological polar surface area (TPSA) is 56.3 Å². The number of rotatable bonds is 5. The van der Waals surface area contributed by atoms with Crippen LogP contribution < -0.4 is 14.8 Å². The summed E-state index contributed by atoms with van der Waals surface area (Å²) in [5.41, 5.74) is 3.15. The second kappa shape index (κ2) is 7.82. The SMILES string of the molecule is CC(C)CCNc1ncnc2ccc(-c3ccc4c(c3)OCCCO4)cc12. The van der Waals surface area contributed by atoms with Gasteiger partial charge in [-0.1, -0.05) is 26.0 Å². The Morgan fingerprint density at radius 2 is 1.74 bits per heavy atom. The Balaban J connectivity index is 1.67. The summed E-state index contributed by atoms with van der Waals surface area (Å²) in [4.78, 5) is 8.86. The maximum atomic E-state index is 5.84. The molecule has 140 valence electrons. The van der Waals surface area contributed by atoms with Crippen molar-refractivity contribution in [3.05, 3.63) is 42.7 Å². The van der Waals surface area contributed by atoms with Crippen molar-refractivity contribution in [2.45, 2.75) is 26.7 Å². The molecule has 0 atom stereocenters. The van der Waals surface area contributed by atoms with Gasteiger partial charge in [-0.05, 0) is 47.7 Å². The van der Waals surface area contributed by atoms with Gasteiger partial charge >= 0.3 is 0 Å². The zero-order chi connectivity index (χ0) is 18.6. The lowest BCUT2D eigenvalue weighted by Crippen LogP contribution is -2.06. The van der Waals surface area contributed by atoms with Gasteiger partial charge in [0, 0.05) is 18.4 Å². The fourth-order valence-electron chi connectivity index (χ4n) is 3.20. The summed E-state index contributed by atoms with van der Waals surface area (Å²) < 4.78 is 11.6.